The van der Waals surface area contributed by atoms with Gasteiger partial charge in [0, 0.05) is 0 Å². The van der Waals surface area contributed by atoms with E-state index in [4.69, 9.17) is 4.74 Å². The fourth-order valence-electron chi connectivity index (χ4n) is 1.37. The van der Waals surface area contributed by atoms with E-state index >= 15 is 0 Å². The molecule has 0 fully saturated rings. The van der Waals surface area contributed by atoms with Gasteiger partial charge in [-0.25, -0.2) is 0 Å². The van der Waals surface area contributed by atoms with Crippen molar-refractivity contribution in [1.29, 1.82) is 0 Å². The van der Waals surface area contributed by atoms with Crippen LogP contribution in [0.5, 0.6) is 5.75 Å². The summed E-state index contributed by atoms with van der Waals surface area (Å²) in [5.41, 5.74) is 0.878. The summed E-state index contributed by atoms with van der Waals surface area (Å²) in [6, 6.07) is 5.57. The maximum absolute atomic E-state index is 9.92. The standard InChI is InChI=1S/C12H16O2/c1-5-9-6-7-10(14-4)8-11(9)12(2,3)13/h5-8,13H,1H2,2-4H3. The average Bonchev–Trinajstić information content (AvgIpc) is 2.15. The Kier molecular flexibility index (Phi) is 2.96. The molecule has 0 saturated heterocycles. The topological polar surface area (TPSA) is 29.5 Å². The van der Waals surface area contributed by atoms with Crippen molar-refractivity contribution in [3.8, 4) is 5.75 Å². The maximum Gasteiger partial charge on any atom is 0.119 e. The Bertz CT molecular complexity index is 335. The first-order valence-electron chi connectivity index (χ1n) is 4.52. The zero-order chi connectivity index (χ0) is 10.8. The molecule has 0 unspecified atom stereocenters. The van der Waals surface area contributed by atoms with Crippen molar-refractivity contribution < 1.29 is 9.84 Å². The molecule has 0 aliphatic rings. The number of benzene rings is 1. The van der Waals surface area contributed by atoms with Crippen LogP contribution in [0.3, 0.4) is 0 Å². The molecule has 0 atom stereocenters. The molecule has 0 heterocycles. The lowest BCUT2D eigenvalue weighted by Gasteiger charge is -2.21. The van der Waals surface area contributed by atoms with E-state index in [0.29, 0.717) is 0 Å². The van der Waals surface area contributed by atoms with Gasteiger partial charge in [-0.05, 0) is 37.1 Å². The second kappa shape index (κ2) is 3.84. The second-order valence-corrected chi connectivity index (χ2v) is 3.72. The fraction of sp³-hybridized carbons (Fsp3) is 0.333. The summed E-state index contributed by atoms with van der Waals surface area (Å²) in [6.45, 7) is 7.20. The number of hydrogen-bond acceptors (Lipinski definition) is 2. The first-order chi connectivity index (χ1) is 6.49. The van der Waals surface area contributed by atoms with Crippen LogP contribution < -0.4 is 4.74 Å². The van der Waals surface area contributed by atoms with E-state index in [1.54, 1.807) is 27.0 Å². The molecule has 0 amide bonds. The zero-order valence-electron chi connectivity index (χ0n) is 8.87. The third-order valence-corrected chi connectivity index (χ3v) is 2.14. The lowest BCUT2D eigenvalue weighted by molar-refractivity contribution is 0.0781. The van der Waals surface area contributed by atoms with E-state index in [0.717, 1.165) is 16.9 Å². The summed E-state index contributed by atoms with van der Waals surface area (Å²) in [4.78, 5) is 0. The zero-order valence-corrected chi connectivity index (χ0v) is 8.87. The van der Waals surface area contributed by atoms with Gasteiger partial charge in [0.05, 0.1) is 12.7 Å². The van der Waals surface area contributed by atoms with Gasteiger partial charge in [0.25, 0.3) is 0 Å². The van der Waals surface area contributed by atoms with Gasteiger partial charge in [-0.2, -0.15) is 0 Å². The predicted octanol–water partition coefficient (Wildman–Crippen LogP) is 2.57. The first kappa shape index (κ1) is 10.8. The second-order valence-electron chi connectivity index (χ2n) is 3.72. The summed E-state index contributed by atoms with van der Waals surface area (Å²) < 4.78 is 5.10. The third kappa shape index (κ3) is 2.15. The smallest absolute Gasteiger partial charge is 0.119 e. The van der Waals surface area contributed by atoms with Crippen molar-refractivity contribution in [3.63, 3.8) is 0 Å². The predicted molar refractivity (Wildman–Crippen MR) is 58.3 cm³/mol. The number of aliphatic hydroxyl groups is 1. The Balaban J connectivity index is 3.29. The Morgan fingerprint density at radius 2 is 2.07 bits per heavy atom. The molecule has 1 rings (SSSR count). The molecule has 1 N–H and O–H groups in total. The highest BCUT2D eigenvalue weighted by Gasteiger charge is 2.19. The Labute approximate surface area is 84.8 Å². The van der Waals surface area contributed by atoms with E-state index in [2.05, 4.69) is 6.58 Å². The van der Waals surface area contributed by atoms with E-state index in [9.17, 15) is 5.11 Å². The van der Waals surface area contributed by atoms with Crippen LogP contribution in [-0.2, 0) is 5.60 Å². The lowest BCUT2D eigenvalue weighted by atomic mass is 9.93. The Morgan fingerprint density at radius 1 is 1.43 bits per heavy atom. The van der Waals surface area contributed by atoms with Crippen molar-refractivity contribution in [2.24, 2.45) is 0 Å². The quantitative estimate of drug-likeness (QED) is 0.797. The highest BCUT2D eigenvalue weighted by Crippen LogP contribution is 2.28. The Morgan fingerprint density at radius 3 is 2.50 bits per heavy atom. The number of methoxy groups -OCH3 is 1. The van der Waals surface area contributed by atoms with Crippen LogP contribution in [0, 0.1) is 0 Å². The highest BCUT2D eigenvalue weighted by molar-refractivity contribution is 5.55. The van der Waals surface area contributed by atoms with Gasteiger partial charge in [0.15, 0.2) is 0 Å². The van der Waals surface area contributed by atoms with Crippen molar-refractivity contribution in [2.45, 2.75) is 19.4 Å². The molecule has 14 heavy (non-hydrogen) atoms. The molecule has 0 aromatic heterocycles. The van der Waals surface area contributed by atoms with Gasteiger partial charge in [0.2, 0.25) is 0 Å². The molecule has 2 nitrogen and oxygen atoms in total. The van der Waals surface area contributed by atoms with E-state index in [1.165, 1.54) is 0 Å². The molecule has 2 heteroatoms. The van der Waals surface area contributed by atoms with Crippen LogP contribution in [0.2, 0.25) is 0 Å². The summed E-state index contributed by atoms with van der Waals surface area (Å²) in [5, 5.41) is 9.92. The van der Waals surface area contributed by atoms with E-state index < -0.39 is 5.60 Å². The van der Waals surface area contributed by atoms with Crippen LogP contribution in [0.4, 0.5) is 0 Å². The van der Waals surface area contributed by atoms with E-state index in [-0.39, 0.29) is 0 Å². The van der Waals surface area contributed by atoms with Crippen molar-refractivity contribution in [3.05, 3.63) is 35.9 Å². The molecular weight excluding hydrogens is 176 g/mol. The molecule has 0 aliphatic carbocycles. The minimum atomic E-state index is -0.877. The SMILES string of the molecule is C=Cc1ccc(OC)cc1C(C)(C)O. The molecule has 0 saturated carbocycles. The van der Waals surface area contributed by atoms with Crippen LogP contribution >= 0.6 is 0 Å². The summed E-state index contributed by atoms with van der Waals surface area (Å²) in [5.74, 6) is 0.743. The fourth-order valence-corrected chi connectivity index (χ4v) is 1.37. The monoisotopic (exact) mass is 192 g/mol. The Hall–Kier alpha value is -1.28. The van der Waals surface area contributed by atoms with Crippen LogP contribution in [0.1, 0.15) is 25.0 Å². The van der Waals surface area contributed by atoms with E-state index in [1.807, 2.05) is 18.2 Å². The van der Waals surface area contributed by atoms with Crippen molar-refractivity contribution in [1.82, 2.24) is 0 Å². The van der Waals surface area contributed by atoms with Gasteiger partial charge < -0.3 is 9.84 Å². The number of ether oxygens (including phenoxy) is 1. The van der Waals surface area contributed by atoms with Gasteiger partial charge in [-0.3, -0.25) is 0 Å². The maximum atomic E-state index is 9.92. The van der Waals surface area contributed by atoms with Crippen LogP contribution in [0.25, 0.3) is 6.08 Å². The van der Waals surface area contributed by atoms with Crippen LogP contribution in [-0.4, -0.2) is 12.2 Å². The van der Waals surface area contributed by atoms with Gasteiger partial charge in [-0.15, -0.1) is 0 Å². The summed E-state index contributed by atoms with van der Waals surface area (Å²) in [6.07, 6.45) is 1.73. The van der Waals surface area contributed by atoms with Crippen molar-refractivity contribution >= 4 is 6.08 Å². The molecule has 0 spiro atoms. The molecule has 0 radical (unpaired) electrons. The van der Waals surface area contributed by atoms with Gasteiger partial charge >= 0.3 is 0 Å². The third-order valence-electron chi connectivity index (χ3n) is 2.14. The molecule has 76 valence electrons. The molecular formula is C12H16O2. The van der Waals surface area contributed by atoms with Gasteiger partial charge in [0.1, 0.15) is 5.75 Å². The average molecular weight is 192 g/mol. The molecule has 0 aliphatic heterocycles. The minimum Gasteiger partial charge on any atom is -0.497 e. The highest BCUT2D eigenvalue weighted by atomic mass is 16.5. The summed E-state index contributed by atoms with van der Waals surface area (Å²) >= 11 is 0. The largest absolute Gasteiger partial charge is 0.497 e. The van der Waals surface area contributed by atoms with Crippen molar-refractivity contribution in [2.75, 3.05) is 7.11 Å². The first-order valence-corrected chi connectivity index (χ1v) is 4.52. The summed E-state index contributed by atoms with van der Waals surface area (Å²) in [7, 11) is 1.61. The lowest BCUT2D eigenvalue weighted by Crippen LogP contribution is -2.17. The minimum absolute atomic E-state index is 0.743. The number of rotatable bonds is 3. The molecule has 1 aromatic rings. The molecule has 1 aromatic carbocycles. The molecule has 0 bridgehead atoms. The normalized spacial score (nSPS) is 11.1. The van der Waals surface area contributed by atoms with Gasteiger partial charge in [-0.1, -0.05) is 18.7 Å². The number of hydrogen-bond donors (Lipinski definition) is 1. The van der Waals surface area contributed by atoms with Crippen LogP contribution in [0.15, 0.2) is 24.8 Å².